The Bertz CT molecular complexity index is 1940. The van der Waals surface area contributed by atoms with Gasteiger partial charge in [-0.25, -0.2) is 4.98 Å². The van der Waals surface area contributed by atoms with Crippen LogP contribution in [0.15, 0.2) is 95.7 Å². The van der Waals surface area contributed by atoms with Crippen molar-refractivity contribution in [2.24, 2.45) is 0 Å². The topological polar surface area (TPSA) is 121 Å². The number of nitrogens with one attached hydrogen (secondary N) is 2. The van der Waals surface area contributed by atoms with E-state index >= 15 is 0 Å². The minimum absolute atomic E-state index is 0.135. The summed E-state index contributed by atoms with van der Waals surface area (Å²) in [6, 6.07) is 20.1. The molecule has 0 radical (unpaired) electrons. The summed E-state index contributed by atoms with van der Waals surface area (Å²) in [7, 11) is 0. The third-order valence-corrected chi connectivity index (χ3v) is 8.10. The fourth-order valence-corrected chi connectivity index (χ4v) is 5.37. The van der Waals surface area contributed by atoms with Gasteiger partial charge < -0.3 is 25.1 Å². The second kappa shape index (κ2) is 13.3. The summed E-state index contributed by atoms with van der Waals surface area (Å²) in [6.45, 7) is 2.40. The van der Waals surface area contributed by atoms with Crippen LogP contribution in [0.25, 0.3) is 28.3 Å². The van der Waals surface area contributed by atoms with Crippen LogP contribution in [-0.4, -0.2) is 50.5 Å². The van der Waals surface area contributed by atoms with Gasteiger partial charge >= 0.3 is 6.18 Å². The number of aliphatic hydroxyl groups is 1. The number of likely N-dealkylation sites (tertiary alicyclic amines) is 1. The summed E-state index contributed by atoms with van der Waals surface area (Å²) in [5.74, 6) is 0.0638. The van der Waals surface area contributed by atoms with Crippen LogP contribution in [0.4, 0.5) is 24.7 Å². The smallest absolute Gasteiger partial charge is 0.420 e. The van der Waals surface area contributed by atoms with E-state index in [0.29, 0.717) is 42.9 Å². The van der Waals surface area contributed by atoms with Crippen molar-refractivity contribution >= 4 is 40.4 Å². The number of alkyl halides is 3. The number of anilines is 2. The molecular formula is C36H32F3N5O4. The zero-order valence-electron chi connectivity index (χ0n) is 25.9. The van der Waals surface area contributed by atoms with Gasteiger partial charge in [-0.15, -0.1) is 0 Å². The monoisotopic (exact) mass is 655 g/mol. The van der Waals surface area contributed by atoms with Crippen molar-refractivity contribution in [3.05, 3.63) is 114 Å². The Labute approximate surface area is 274 Å². The van der Waals surface area contributed by atoms with Gasteiger partial charge in [0, 0.05) is 48.2 Å². The van der Waals surface area contributed by atoms with E-state index in [4.69, 9.17) is 4.42 Å². The van der Waals surface area contributed by atoms with E-state index < -0.39 is 23.2 Å². The number of furan rings is 1. The van der Waals surface area contributed by atoms with Gasteiger partial charge in [0.1, 0.15) is 17.2 Å². The lowest BCUT2D eigenvalue weighted by Gasteiger charge is -2.35. The molecule has 1 fully saturated rings. The number of nitrogens with zero attached hydrogens (tertiary/aromatic N) is 3. The first-order chi connectivity index (χ1) is 22.9. The van der Waals surface area contributed by atoms with Crippen molar-refractivity contribution in [2.45, 2.75) is 38.1 Å². The second-order valence-electron chi connectivity index (χ2n) is 11.9. The number of pyridine rings is 2. The third-order valence-electron chi connectivity index (χ3n) is 8.10. The second-order valence-corrected chi connectivity index (χ2v) is 11.9. The number of carbonyl (C=O) groups is 2. The molecule has 0 atom stereocenters. The highest BCUT2D eigenvalue weighted by atomic mass is 19.4. The third kappa shape index (κ3) is 7.72. The average molecular weight is 656 g/mol. The van der Waals surface area contributed by atoms with Crippen molar-refractivity contribution in [3.63, 3.8) is 0 Å². The molecule has 0 unspecified atom stereocenters. The molecule has 2 amide bonds. The Morgan fingerprint density at radius 2 is 1.77 bits per heavy atom. The lowest BCUT2D eigenvalue weighted by Crippen LogP contribution is -2.45. The summed E-state index contributed by atoms with van der Waals surface area (Å²) in [4.78, 5) is 35.7. The Balaban J connectivity index is 1.12. The fraction of sp³-hybridized carbons (Fsp3) is 0.222. The quantitative estimate of drug-likeness (QED) is 0.155. The molecule has 6 rings (SSSR count). The van der Waals surface area contributed by atoms with E-state index in [1.807, 2.05) is 30.3 Å². The van der Waals surface area contributed by atoms with E-state index in [0.717, 1.165) is 11.8 Å². The predicted octanol–water partition coefficient (Wildman–Crippen LogP) is 6.97. The van der Waals surface area contributed by atoms with Crippen molar-refractivity contribution < 1.29 is 32.3 Å². The number of aromatic nitrogens is 2. The van der Waals surface area contributed by atoms with Gasteiger partial charge in [-0.1, -0.05) is 18.2 Å². The standard InChI is InChI=1S/C36H32F3N5O4/c1-35(47)13-15-44(16-14-35)34(46)24-9-10-30(40-21-24)25-17-26-18-28(48-33(26)29(19-25)36(37,38)39)22-42-32(45)12-8-23-7-11-31(41-20-23)43-27-5-3-2-4-6-27/h2-12,17-21,47H,13-16,22H2,1H3,(H,41,43)(H,42,45)/b12-8+. The zero-order valence-corrected chi connectivity index (χ0v) is 25.9. The number of halogens is 3. The maximum atomic E-state index is 14.1. The number of amides is 2. The summed E-state index contributed by atoms with van der Waals surface area (Å²) in [6.07, 6.45) is 2.02. The molecule has 0 spiro atoms. The molecule has 1 aliphatic heterocycles. The van der Waals surface area contributed by atoms with Crippen LogP contribution >= 0.6 is 0 Å². The molecular weight excluding hydrogens is 623 g/mol. The Kier molecular flexibility index (Phi) is 9.01. The highest BCUT2D eigenvalue weighted by molar-refractivity contribution is 5.95. The minimum atomic E-state index is -4.72. The lowest BCUT2D eigenvalue weighted by molar-refractivity contribution is -0.136. The van der Waals surface area contributed by atoms with E-state index in [1.165, 1.54) is 36.5 Å². The fourth-order valence-electron chi connectivity index (χ4n) is 5.37. The molecule has 1 saturated heterocycles. The normalized spacial score (nSPS) is 14.7. The van der Waals surface area contributed by atoms with Crippen molar-refractivity contribution in [1.29, 1.82) is 0 Å². The molecule has 0 bridgehead atoms. The molecule has 0 saturated carbocycles. The van der Waals surface area contributed by atoms with Crippen molar-refractivity contribution in [3.8, 4) is 11.3 Å². The van der Waals surface area contributed by atoms with Gasteiger partial charge in [0.15, 0.2) is 0 Å². The molecule has 246 valence electrons. The molecule has 0 aliphatic carbocycles. The number of fused-ring (bicyclic) bond motifs is 1. The number of hydrogen-bond donors (Lipinski definition) is 3. The van der Waals surface area contributed by atoms with Gasteiger partial charge in [0.2, 0.25) is 5.91 Å². The molecule has 4 heterocycles. The van der Waals surface area contributed by atoms with Gasteiger partial charge in [0.05, 0.1) is 29.0 Å². The van der Waals surface area contributed by atoms with Crippen LogP contribution in [0.5, 0.6) is 0 Å². The minimum Gasteiger partial charge on any atom is -0.459 e. The average Bonchev–Trinajstić information content (AvgIpc) is 3.49. The van der Waals surface area contributed by atoms with Crippen LogP contribution in [0.1, 0.15) is 47.0 Å². The first-order valence-electron chi connectivity index (χ1n) is 15.3. The number of piperidine rings is 1. The largest absolute Gasteiger partial charge is 0.459 e. The van der Waals surface area contributed by atoms with E-state index in [9.17, 15) is 27.9 Å². The molecule has 2 aromatic carbocycles. The van der Waals surface area contributed by atoms with Crippen LogP contribution in [-0.2, 0) is 17.5 Å². The molecule has 3 aromatic heterocycles. The molecule has 12 heteroatoms. The number of hydrogen-bond acceptors (Lipinski definition) is 7. The number of para-hydroxylation sites is 1. The molecule has 9 nitrogen and oxygen atoms in total. The number of benzene rings is 2. The zero-order chi connectivity index (χ0) is 33.9. The van der Waals surface area contributed by atoms with Gasteiger partial charge in [-0.3, -0.25) is 14.6 Å². The summed E-state index contributed by atoms with van der Waals surface area (Å²) >= 11 is 0. The number of carbonyl (C=O) groups excluding carboxylic acids is 2. The SMILES string of the molecule is CC1(O)CCN(C(=O)c2ccc(-c3cc(C(F)(F)F)c4oc(CNC(=O)/C=C/c5ccc(Nc6ccccc6)nc5)cc4c3)nc2)CC1. The first-order valence-corrected chi connectivity index (χ1v) is 15.3. The Morgan fingerprint density at radius 1 is 1.00 bits per heavy atom. The summed E-state index contributed by atoms with van der Waals surface area (Å²) in [5.41, 5.74) is 0.183. The van der Waals surface area contributed by atoms with Gasteiger partial charge in [-0.2, -0.15) is 13.2 Å². The molecule has 1 aliphatic rings. The lowest BCUT2D eigenvalue weighted by atomic mass is 9.93. The Morgan fingerprint density at radius 3 is 2.44 bits per heavy atom. The highest BCUT2D eigenvalue weighted by Crippen LogP contribution is 2.39. The molecule has 5 aromatic rings. The van der Waals surface area contributed by atoms with Crippen LogP contribution < -0.4 is 10.6 Å². The highest BCUT2D eigenvalue weighted by Gasteiger charge is 2.35. The van der Waals surface area contributed by atoms with Crippen LogP contribution in [0, 0.1) is 0 Å². The van der Waals surface area contributed by atoms with Gasteiger partial charge in [0.25, 0.3) is 5.91 Å². The van der Waals surface area contributed by atoms with Crippen LogP contribution in [0.2, 0.25) is 0 Å². The first kappa shape index (κ1) is 32.5. The van der Waals surface area contributed by atoms with Crippen molar-refractivity contribution in [2.75, 3.05) is 18.4 Å². The summed E-state index contributed by atoms with van der Waals surface area (Å²) < 4.78 is 47.9. The molecule has 3 N–H and O–H groups in total. The van der Waals surface area contributed by atoms with E-state index in [2.05, 4.69) is 20.6 Å². The van der Waals surface area contributed by atoms with Gasteiger partial charge in [-0.05, 0) is 86.0 Å². The van der Waals surface area contributed by atoms with E-state index in [1.54, 1.807) is 36.2 Å². The summed E-state index contributed by atoms with van der Waals surface area (Å²) in [5, 5.41) is 16.2. The molecule has 48 heavy (non-hydrogen) atoms. The number of rotatable bonds is 8. The van der Waals surface area contributed by atoms with E-state index in [-0.39, 0.29) is 40.4 Å². The maximum Gasteiger partial charge on any atom is 0.420 e. The van der Waals surface area contributed by atoms with Crippen LogP contribution in [0.3, 0.4) is 0 Å². The van der Waals surface area contributed by atoms with Crippen molar-refractivity contribution in [1.82, 2.24) is 20.2 Å². The predicted molar refractivity (Wildman–Crippen MR) is 175 cm³/mol. The Hall–Kier alpha value is -5.49. The maximum absolute atomic E-state index is 14.1.